The minimum Gasteiger partial charge on any atom is -0.347 e. The van der Waals surface area contributed by atoms with E-state index in [1.165, 1.54) is 0 Å². The molecule has 1 aromatic heterocycles. The summed E-state index contributed by atoms with van der Waals surface area (Å²) in [4.78, 5) is 14.4. The van der Waals surface area contributed by atoms with E-state index in [9.17, 15) is 4.79 Å². The van der Waals surface area contributed by atoms with Gasteiger partial charge in [-0.3, -0.25) is 9.48 Å². The lowest BCUT2D eigenvalue weighted by molar-refractivity contribution is 0.0923. The SMILES string of the molecule is CCN(CC)C[C@H](C)NC(=O)c1nn(C)c(C)c1Br. The normalized spacial score (nSPS) is 12.8. The zero-order chi connectivity index (χ0) is 14.6. The van der Waals surface area contributed by atoms with Crippen molar-refractivity contribution >= 4 is 21.8 Å². The highest BCUT2D eigenvalue weighted by Gasteiger charge is 2.19. The molecule has 6 heteroatoms. The molecule has 19 heavy (non-hydrogen) atoms. The summed E-state index contributed by atoms with van der Waals surface area (Å²) >= 11 is 3.42. The minimum atomic E-state index is -0.129. The van der Waals surface area contributed by atoms with Crippen molar-refractivity contribution in [2.75, 3.05) is 19.6 Å². The number of carbonyl (C=O) groups excluding carboxylic acids is 1. The molecular formula is C13H23BrN4O. The summed E-state index contributed by atoms with van der Waals surface area (Å²) in [5.41, 5.74) is 1.40. The van der Waals surface area contributed by atoms with Crippen molar-refractivity contribution in [3.8, 4) is 0 Å². The number of carbonyl (C=O) groups is 1. The van der Waals surface area contributed by atoms with Gasteiger partial charge in [-0.1, -0.05) is 13.8 Å². The van der Waals surface area contributed by atoms with Gasteiger partial charge in [0.25, 0.3) is 5.91 Å². The van der Waals surface area contributed by atoms with Crippen molar-refractivity contribution in [3.63, 3.8) is 0 Å². The Bertz CT molecular complexity index is 440. The number of halogens is 1. The monoisotopic (exact) mass is 330 g/mol. The van der Waals surface area contributed by atoms with Gasteiger partial charge < -0.3 is 10.2 Å². The molecule has 0 saturated carbocycles. The Labute approximate surface area is 123 Å². The van der Waals surface area contributed by atoms with E-state index >= 15 is 0 Å². The smallest absolute Gasteiger partial charge is 0.273 e. The maximum Gasteiger partial charge on any atom is 0.273 e. The second-order valence-corrected chi connectivity index (χ2v) is 5.52. The van der Waals surface area contributed by atoms with E-state index in [1.807, 2.05) is 20.9 Å². The number of aromatic nitrogens is 2. The lowest BCUT2D eigenvalue weighted by atomic mass is 10.2. The van der Waals surface area contributed by atoms with Crippen LogP contribution in [0, 0.1) is 6.92 Å². The molecule has 0 fully saturated rings. The number of aryl methyl sites for hydroxylation is 1. The van der Waals surface area contributed by atoms with Crippen molar-refractivity contribution < 1.29 is 4.79 Å². The Morgan fingerprint density at radius 3 is 2.47 bits per heavy atom. The topological polar surface area (TPSA) is 50.2 Å². The van der Waals surface area contributed by atoms with Crippen molar-refractivity contribution in [2.24, 2.45) is 7.05 Å². The summed E-state index contributed by atoms with van der Waals surface area (Å²) in [7, 11) is 1.83. The maximum atomic E-state index is 12.2. The Balaban J connectivity index is 2.66. The third-order valence-corrected chi connectivity index (χ3v) is 4.23. The van der Waals surface area contributed by atoms with Crippen LogP contribution in [-0.2, 0) is 7.05 Å². The molecule has 0 aliphatic rings. The van der Waals surface area contributed by atoms with Gasteiger partial charge >= 0.3 is 0 Å². The third-order valence-electron chi connectivity index (χ3n) is 3.28. The molecule has 0 saturated heterocycles. The van der Waals surface area contributed by atoms with Gasteiger partial charge in [0.1, 0.15) is 0 Å². The molecule has 1 N–H and O–H groups in total. The Hall–Kier alpha value is -0.880. The number of amides is 1. The Kier molecular flexibility index (Phi) is 6.00. The zero-order valence-corrected chi connectivity index (χ0v) is 13.9. The maximum absolute atomic E-state index is 12.2. The first-order valence-electron chi connectivity index (χ1n) is 6.62. The largest absolute Gasteiger partial charge is 0.347 e. The predicted octanol–water partition coefficient (Wildman–Crippen LogP) is 1.95. The molecule has 108 valence electrons. The highest BCUT2D eigenvalue weighted by Crippen LogP contribution is 2.19. The van der Waals surface area contributed by atoms with Crippen LogP contribution in [0.15, 0.2) is 4.47 Å². The first-order valence-corrected chi connectivity index (χ1v) is 7.42. The summed E-state index contributed by atoms with van der Waals surface area (Å²) in [5, 5.41) is 7.22. The van der Waals surface area contributed by atoms with E-state index in [4.69, 9.17) is 0 Å². The number of rotatable bonds is 6. The number of likely N-dealkylation sites (N-methyl/N-ethyl adjacent to an activating group) is 1. The average Bonchev–Trinajstić information content (AvgIpc) is 2.63. The molecule has 5 nitrogen and oxygen atoms in total. The fourth-order valence-electron chi connectivity index (χ4n) is 1.93. The molecule has 0 radical (unpaired) electrons. The number of nitrogens with zero attached hydrogens (tertiary/aromatic N) is 3. The van der Waals surface area contributed by atoms with E-state index in [0.29, 0.717) is 5.69 Å². The van der Waals surface area contributed by atoms with Crippen molar-refractivity contribution in [3.05, 3.63) is 15.9 Å². The molecule has 1 rings (SSSR count). The quantitative estimate of drug-likeness (QED) is 0.867. The highest BCUT2D eigenvalue weighted by atomic mass is 79.9. The molecule has 1 amide bonds. The van der Waals surface area contributed by atoms with E-state index in [1.54, 1.807) is 4.68 Å². The minimum absolute atomic E-state index is 0.0987. The van der Waals surface area contributed by atoms with Crippen LogP contribution in [0.4, 0.5) is 0 Å². The standard InChI is InChI=1S/C13H23BrN4O/c1-6-18(7-2)8-9(3)15-13(19)12-11(14)10(4)17(5)16-12/h9H,6-8H2,1-5H3,(H,15,19)/t9-/m0/s1. The van der Waals surface area contributed by atoms with Crippen LogP contribution < -0.4 is 5.32 Å². The van der Waals surface area contributed by atoms with Gasteiger partial charge in [0.05, 0.1) is 10.2 Å². The molecule has 0 aliphatic carbocycles. The van der Waals surface area contributed by atoms with Gasteiger partial charge in [0.2, 0.25) is 0 Å². The van der Waals surface area contributed by atoms with Crippen LogP contribution in [0.2, 0.25) is 0 Å². The first-order chi connectivity index (χ1) is 8.90. The van der Waals surface area contributed by atoms with Crippen LogP contribution in [0.1, 0.15) is 37.0 Å². The summed E-state index contributed by atoms with van der Waals surface area (Å²) < 4.78 is 2.47. The lowest BCUT2D eigenvalue weighted by Crippen LogP contribution is -2.42. The highest BCUT2D eigenvalue weighted by molar-refractivity contribution is 9.10. The van der Waals surface area contributed by atoms with Gasteiger partial charge in [0, 0.05) is 19.6 Å². The predicted molar refractivity (Wildman–Crippen MR) is 80.4 cm³/mol. The summed E-state index contributed by atoms with van der Waals surface area (Å²) in [5.74, 6) is -0.129. The molecule has 0 bridgehead atoms. The van der Waals surface area contributed by atoms with Gasteiger partial charge in [-0.05, 0) is 42.9 Å². The molecule has 0 unspecified atom stereocenters. The molecule has 0 aromatic carbocycles. The number of hydrogen-bond acceptors (Lipinski definition) is 3. The van der Waals surface area contributed by atoms with Gasteiger partial charge in [-0.15, -0.1) is 0 Å². The first kappa shape index (κ1) is 16.2. The molecule has 1 atom stereocenters. The molecule has 0 aliphatic heterocycles. The Morgan fingerprint density at radius 2 is 2.05 bits per heavy atom. The third kappa shape index (κ3) is 4.04. The lowest BCUT2D eigenvalue weighted by Gasteiger charge is -2.23. The summed E-state index contributed by atoms with van der Waals surface area (Å²) in [6.45, 7) is 11.0. The van der Waals surface area contributed by atoms with Gasteiger partial charge in [-0.25, -0.2) is 0 Å². The summed E-state index contributed by atoms with van der Waals surface area (Å²) in [6.07, 6.45) is 0. The molecule has 0 spiro atoms. The second-order valence-electron chi connectivity index (χ2n) is 4.73. The van der Waals surface area contributed by atoms with E-state index in [-0.39, 0.29) is 11.9 Å². The van der Waals surface area contributed by atoms with Crippen molar-refractivity contribution in [1.29, 1.82) is 0 Å². The summed E-state index contributed by atoms with van der Waals surface area (Å²) in [6, 6.07) is 0.0987. The van der Waals surface area contributed by atoms with E-state index in [0.717, 1.165) is 29.8 Å². The van der Waals surface area contributed by atoms with Gasteiger partial charge in [0.15, 0.2) is 5.69 Å². The zero-order valence-electron chi connectivity index (χ0n) is 12.3. The van der Waals surface area contributed by atoms with Gasteiger partial charge in [-0.2, -0.15) is 5.10 Å². The second kappa shape index (κ2) is 7.05. The van der Waals surface area contributed by atoms with Crippen LogP contribution in [-0.4, -0.2) is 46.3 Å². The fourth-order valence-corrected chi connectivity index (χ4v) is 2.45. The van der Waals surface area contributed by atoms with Crippen LogP contribution >= 0.6 is 15.9 Å². The van der Waals surface area contributed by atoms with Crippen molar-refractivity contribution in [2.45, 2.75) is 33.7 Å². The van der Waals surface area contributed by atoms with Crippen molar-refractivity contribution in [1.82, 2.24) is 20.0 Å². The molecular weight excluding hydrogens is 308 g/mol. The van der Waals surface area contributed by atoms with Crippen LogP contribution in [0.25, 0.3) is 0 Å². The van der Waals surface area contributed by atoms with E-state index in [2.05, 4.69) is 45.1 Å². The van der Waals surface area contributed by atoms with Crippen LogP contribution in [0.5, 0.6) is 0 Å². The number of nitrogens with one attached hydrogen (secondary N) is 1. The van der Waals surface area contributed by atoms with E-state index < -0.39 is 0 Å². The van der Waals surface area contributed by atoms with Crippen LogP contribution in [0.3, 0.4) is 0 Å². The number of hydrogen-bond donors (Lipinski definition) is 1. The molecule has 1 heterocycles. The average molecular weight is 331 g/mol. The Morgan fingerprint density at radius 1 is 1.47 bits per heavy atom. The molecule has 1 aromatic rings. The fraction of sp³-hybridized carbons (Fsp3) is 0.692.